The summed E-state index contributed by atoms with van der Waals surface area (Å²) in [5.74, 6) is 2.47. The van der Waals surface area contributed by atoms with Crippen molar-refractivity contribution in [2.24, 2.45) is 5.10 Å². The molecule has 0 saturated carbocycles. The van der Waals surface area contributed by atoms with E-state index in [0.717, 1.165) is 30.7 Å². The fraction of sp³-hybridized carbons (Fsp3) is 0.500. The van der Waals surface area contributed by atoms with Crippen LogP contribution in [0.1, 0.15) is 33.1 Å². The number of carbonyl (C=O) groups excluding carboxylic acids is 1. The Hall–Kier alpha value is -1.14. The van der Waals surface area contributed by atoms with E-state index in [9.17, 15) is 4.79 Å². The summed E-state index contributed by atoms with van der Waals surface area (Å²) >= 11 is 4.06. The maximum Gasteiger partial charge on any atom is 0.339 e. The third-order valence-electron chi connectivity index (χ3n) is 3.52. The van der Waals surface area contributed by atoms with E-state index in [1.165, 1.54) is 11.5 Å². The average molecular weight is 338 g/mol. The SMILES string of the molecule is CC/C(CCC1(C)SCCS1)=N\NC(=O)Nc1ccccc1. The number of hydrogen-bond donors (Lipinski definition) is 2. The number of carbonyl (C=O) groups is 1. The van der Waals surface area contributed by atoms with Crippen LogP contribution in [0.2, 0.25) is 0 Å². The van der Waals surface area contributed by atoms with Gasteiger partial charge in [0.2, 0.25) is 0 Å². The molecule has 1 saturated heterocycles. The van der Waals surface area contributed by atoms with Gasteiger partial charge in [0.25, 0.3) is 0 Å². The smallest absolute Gasteiger partial charge is 0.307 e. The van der Waals surface area contributed by atoms with Gasteiger partial charge in [0.05, 0.1) is 4.08 Å². The summed E-state index contributed by atoms with van der Waals surface area (Å²) in [7, 11) is 0. The van der Waals surface area contributed by atoms with Crippen LogP contribution in [-0.2, 0) is 0 Å². The van der Waals surface area contributed by atoms with Crippen molar-refractivity contribution in [2.75, 3.05) is 16.8 Å². The number of urea groups is 1. The highest BCUT2D eigenvalue weighted by Crippen LogP contribution is 2.46. The molecule has 0 bridgehead atoms. The fourth-order valence-electron chi connectivity index (χ4n) is 2.19. The molecule has 4 nitrogen and oxygen atoms in total. The predicted molar refractivity (Wildman–Crippen MR) is 98.9 cm³/mol. The van der Waals surface area contributed by atoms with Crippen molar-refractivity contribution >= 4 is 41.0 Å². The standard InChI is InChI=1S/C16H23N3OS2/c1-3-13(9-10-16(2)21-11-12-22-16)18-19-15(20)17-14-7-5-4-6-8-14/h4-8H,3,9-12H2,1-2H3,(H2,17,19,20)/b18-13+. The zero-order valence-electron chi connectivity index (χ0n) is 13.1. The van der Waals surface area contributed by atoms with Crippen molar-refractivity contribution in [1.82, 2.24) is 5.43 Å². The molecule has 2 N–H and O–H groups in total. The molecule has 22 heavy (non-hydrogen) atoms. The van der Waals surface area contributed by atoms with E-state index >= 15 is 0 Å². The second-order valence-electron chi connectivity index (χ2n) is 5.29. The molecule has 0 radical (unpaired) electrons. The zero-order valence-corrected chi connectivity index (χ0v) is 14.7. The molecule has 0 aromatic heterocycles. The van der Waals surface area contributed by atoms with Crippen LogP contribution in [0.25, 0.3) is 0 Å². The van der Waals surface area contributed by atoms with Gasteiger partial charge in [-0.15, -0.1) is 23.5 Å². The summed E-state index contributed by atoms with van der Waals surface area (Å²) in [5.41, 5.74) is 4.40. The van der Waals surface area contributed by atoms with Crippen molar-refractivity contribution in [2.45, 2.75) is 37.2 Å². The number of hydrazone groups is 1. The molecule has 1 aliphatic rings. The van der Waals surface area contributed by atoms with Crippen LogP contribution in [0, 0.1) is 0 Å². The molecule has 120 valence electrons. The van der Waals surface area contributed by atoms with Crippen LogP contribution < -0.4 is 10.7 Å². The maximum atomic E-state index is 11.8. The van der Waals surface area contributed by atoms with Gasteiger partial charge in [-0.05, 0) is 38.3 Å². The second-order valence-corrected chi connectivity index (χ2v) is 8.75. The molecular weight excluding hydrogens is 314 g/mol. The number of hydrogen-bond acceptors (Lipinski definition) is 4. The molecule has 0 spiro atoms. The predicted octanol–water partition coefficient (Wildman–Crippen LogP) is 4.55. The van der Waals surface area contributed by atoms with Gasteiger partial charge in [0, 0.05) is 22.9 Å². The topological polar surface area (TPSA) is 53.5 Å². The second kappa shape index (κ2) is 8.48. The highest BCUT2D eigenvalue weighted by Gasteiger charge is 2.29. The summed E-state index contributed by atoms with van der Waals surface area (Å²) in [4.78, 5) is 11.8. The largest absolute Gasteiger partial charge is 0.339 e. The normalized spacial score (nSPS) is 17.3. The van der Waals surface area contributed by atoms with Crippen LogP contribution in [0.3, 0.4) is 0 Å². The highest BCUT2D eigenvalue weighted by atomic mass is 32.2. The first-order valence-electron chi connectivity index (χ1n) is 7.57. The van der Waals surface area contributed by atoms with E-state index in [-0.39, 0.29) is 6.03 Å². The molecule has 2 amide bonds. The van der Waals surface area contributed by atoms with Gasteiger partial charge < -0.3 is 5.32 Å². The molecule has 1 heterocycles. The van der Waals surface area contributed by atoms with E-state index in [4.69, 9.17) is 0 Å². The number of rotatable bonds is 6. The molecule has 1 aromatic carbocycles. The molecule has 0 atom stereocenters. The Bertz CT molecular complexity index is 513. The minimum atomic E-state index is -0.298. The van der Waals surface area contributed by atoms with Crippen molar-refractivity contribution in [3.8, 4) is 0 Å². The summed E-state index contributed by atoms with van der Waals surface area (Å²) in [6.45, 7) is 4.38. The molecule has 6 heteroatoms. The van der Waals surface area contributed by atoms with E-state index in [1.54, 1.807) is 0 Å². The van der Waals surface area contributed by atoms with Crippen molar-refractivity contribution in [3.63, 3.8) is 0 Å². The number of amides is 2. The van der Waals surface area contributed by atoms with Crippen molar-refractivity contribution < 1.29 is 4.79 Å². The molecule has 2 rings (SSSR count). The van der Waals surface area contributed by atoms with Crippen LogP contribution >= 0.6 is 23.5 Å². The number of thioether (sulfide) groups is 2. The number of nitrogens with zero attached hydrogens (tertiary/aromatic N) is 1. The first-order valence-corrected chi connectivity index (χ1v) is 9.54. The summed E-state index contributed by atoms with van der Waals surface area (Å²) in [6, 6.07) is 9.07. The summed E-state index contributed by atoms with van der Waals surface area (Å²) in [6.07, 6.45) is 2.88. The van der Waals surface area contributed by atoms with E-state index in [0.29, 0.717) is 4.08 Å². The van der Waals surface area contributed by atoms with E-state index in [2.05, 4.69) is 29.7 Å². The zero-order chi connectivity index (χ0) is 15.8. The van der Waals surface area contributed by atoms with E-state index in [1.807, 2.05) is 53.9 Å². The minimum Gasteiger partial charge on any atom is -0.307 e. The van der Waals surface area contributed by atoms with E-state index < -0.39 is 0 Å². The maximum absolute atomic E-state index is 11.8. The first kappa shape index (κ1) is 17.2. The summed E-state index contributed by atoms with van der Waals surface area (Å²) < 4.78 is 0.308. The number of nitrogens with one attached hydrogen (secondary N) is 2. The lowest BCUT2D eigenvalue weighted by molar-refractivity contribution is 0.252. The highest BCUT2D eigenvalue weighted by molar-refractivity contribution is 8.21. The quantitative estimate of drug-likeness (QED) is 0.591. The monoisotopic (exact) mass is 337 g/mol. The van der Waals surface area contributed by atoms with Crippen molar-refractivity contribution in [1.29, 1.82) is 0 Å². The fourth-order valence-corrected chi connectivity index (χ4v) is 5.05. The van der Waals surface area contributed by atoms with Crippen LogP contribution in [-0.4, -0.2) is 27.3 Å². The Kier molecular flexibility index (Phi) is 6.64. The Labute approximate surface area is 140 Å². The Balaban J connectivity index is 1.80. The number of anilines is 1. The van der Waals surface area contributed by atoms with Gasteiger partial charge >= 0.3 is 6.03 Å². The van der Waals surface area contributed by atoms with Gasteiger partial charge in [0.15, 0.2) is 0 Å². The van der Waals surface area contributed by atoms with Gasteiger partial charge in [-0.25, -0.2) is 10.2 Å². The van der Waals surface area contributed by atoms with Crippen molar-refractivity contribution in [3.05, 3.63) is 30.3 Å². The molecule has 0 unspecified atom stereocenters. The van der Waals surface area contributed by atoms with Gasteiger partial charge in [-0.1, -0.05) is 25.1 Å². The molecule has 1 aromatic rings. The lowest BCUT2D eigenvalue weighted by Gasteiger charge is -2.21. The van der Waals surface area contributed by atoms with Gasteiger partial charge in [-0.3, -0.25) is 0 Å². The number of benzene rings is 1. The Morgan fingerprint density at radius 2 is 1.95 bits per heavy atom. The first-order chi connectivity index (χ1) is 10.6. The molecule has 0 aliphatic carbocycles. The molecular formula is C16H23N3OS2. The third-order valence-corrected chi connectivity index (χ3v) is 6.93. The minimum absolute atomic E-state index is 0.298. The summed E-state index contributed by atoms with van der Waals surface area (Å²) in [5, 5.41) is 7.03. The Morgan fingerprint density at radius 1 is 1.27 bits per heavy atom. The molecule has 1 aliphatic heterocycles. The Morgan fingerprint density at radius 3 is 2.59 bits per heavy atom. The number of para-hydroxylation sites is 1. The lowest BCUT2D eigenvalue weighted by atomic mass is 10.1. The van der Waals surface area contributed by atoms with Gasteiger partial charge in [-0.2, -0.15) is 5.10 Å². The lowest BCUT2D eigenvalue weighted by Crippen LogP contribution is -2.25. The van der Waals surface area contributed by atoms with Crippen LogP contribution in [0.15, 0.2) is 35.4 Å². The van der Waals surface area contributed by atoms with Gasteiger partial charge in [0.1, 0.15) is 0 Å². The molecule has 1 fully saturated rings. The average Bonchev–Trinajstić information content (AvgIpc) is 2.95. The van der Waals surface area contributed by atoms with Crippen LogP contribution in [0.5, 0.6) is 0 Å². The van der Waals surface area contributed by atoms with Crippen LogP contribution in [0.4, 0.5) is 10.5 Å². The third kappa shape index (κ3) is 5.57.